The predicted molar refractivity (Wildman–Crippen MR) is 68.8 cm³/mol. The van der Waals surface area contributed by atoms with Gasteiger partial charge in [-0.2, -0.15) is 0 Å². The molecule has 0 spiro atoms. The topological polar surface area (TPSA) is 43.8 Å². The fraction of sp³-hybridized carbons (Fsp3) is 0.923. The molecule has 1 aliphatic heterocycles. The molecule has 0 radical (unpaired) electrons. The number of nitrogens with zero attached hydrogens (tertiary/aromatic N) is 2. The van der Waals surface area contributed by atoms with Gasteiger partial charge >= 0.3 is 0 Å². The lowest BCUT2D eigenvalue weighted by molar-refractivity contribution is -0.136. The van der Waals surface area contributed by atoms with E-state index in [4.69, 9.17) is 5.11 Å². The average molecular weight is 242 g/mol. The third-order valence-electron chi connectivity index (χ3n) is 3.82. The second-order valence-electron chi connectivity index (χ2n) is 5.09. The van der Waals surface area contributed by atoms with Crippen LogP contribution in [0.3, 0.4) is 0 Å². The second-order valence-corrected chi connectivity index (χ2v) is 5.09. The molecule has 0 aromatic rings. The van der Waals surface area contributed by atoms with Crippen molar-refractivity contribution in [3.05, 3.63) is 0 Å². The zero-order valence-corrected chi connectivity index (χ0v) is 11.4. The van der Waals surface area contributed by atoms with Crippen molar-refractivity contribution in [3.8, 4) is 0 Å². The van der Waals surface area contributed by atoms with E-state index in [1.807, 2.05) is 23.8 Å². The SMILES string of the molecule is CCC1CCCCN1C(=O)CN(C)C(C)CO. The van der Waals surface area contributed by atoms with Crippen molar-refractivity contribution in [3.63, 3.8) is 0 Å². The molecule has 1 aliphatic rings. The molecule has 2 atom stereocenters. The van der Waals surface area contributed by atoms with Crippen LogP contribution in [-0.2, 0) is 4.79 Å². The molecule has 17 heavy (non-hydrogen) atoms. The van der Waals surface area contributed by atoms with Gasteiger partial charge in [0, 0.05) is 18.6 Å². The lowest BCUT2D eigenvalue weighted by Gasteiger charge is -2.36. The van der Waals surface area contributed by atoms with Crippen LogP contribution >= 0.6 is 0 Å². The van der Waals surface area contributed by atoms with Gasteiger partial charge in [-0.1, -0.05) is 6.92 Å². The molecule has 0 bridgehead atoms. The van der Waals surface area contributed by atoms with E-state index < -0.39 is 0 Å². The Hall–Kier alpha value is -0.610. The summed E-state index contributed by atoms with van der Waals surface area (Å²) in [6.07, 6.45) is 4.55. The summed E-state index contributed by atoms with van der Waals surface area (Å²) in [6, 6.07) is 0.470. The quantitative estimate of drug-likeness (QED) is 0.785. The molecule has 1 rings (SSSR count). The maximum Gasteiger partial charge on any atom is 0.236 e. The Morgan fingerprint density at radius 1 is 1.53 bits per heavy atom. The summed E-state index contributed by atoms with van der Waals surface area (Å²) in [6.45, 7) is 5.50. The van der Waals surface area contributed by atoms with Gasteiger partial charge in [-0.05, 0) is 39.7 Å². The minimum Gasteiger partial charge on any atom is -0.395 e. The third kappa shape index (κ3) is 3.96. The number of carbonyl (C=O) groups excluding carboxylic acids is 1. The van der Waals surface area contributed by atoms with Gasteiger partial charge < -0.3 is 10.0 Å². The van der Waals surface area contributed by atoms with E-state index >= 15 is 0 Å². The smallest absolute Gasteiger partial charge is 0.236 e. The van der Waals surface area contributed by atoms with Gasteiger partial charge in [-0.25, -0.2) is 0 Å². The normalized spacial score (nSPS) is 22.9. The minimum absolute atomic E-state index is 0.0452. The summed E-state index contributed by atoms with van der Waals surface area (Å²) in [4.78, 5) is 16.2. The van der Waals surface area contributed by atoms with Gasteiger partial charge in [-0.15, -0.1) is 0 Å². The molecule has 100 valence electrons. The number of aliphatic hydroxyl groups excluding tert-OH is 1. The Labute approximate surface area is 105 Å². The van der Waals surface area contributed by atoms with Crippen LogP contribution in [-0.4, -0.2) is 59.6 Å². The van der Waals surface area contributed by atoms with Crippen LogP contribution in [0.15, 0.2) is 0 Å². The number of aliphatic hydroxyl groups is 1. The zero-order valence-electron chi connectivity index (χ0n) is 11.4. The first-order valence-corrected chi connectivity index (χ1v) is 6.70. The van der Waals surface area contributed by atoms with Crippen LogP contribution in [0.2, 0.25) is 0 Å². The molecule has 2 unspecified atom stereocenters. The Bertz CT molecular complexity index is 246. The van der Waals surface area contributed by atoms with E-state index in [1.165, 1.54) is 6.42 Å². The van der Waals surface area contributed by atoms with Gasteiger partial charge in [0.1, 0.15) is 0 Å². The molecule has 1 heterocycles. The Morgan fingerprint density at radius 3 is 2.82 bits per heavy atom. The van der Waals surface area contributed by atoms with Gasteiger partial charge in [-0.3, -0.25) is 9.69 Å². The summed E-state index contributed by atoms with van der Waals surface area (Å²) in [5, 5.41) is 9.06. The largest absolute Gasteiger partial charge is 0.395 e. The highest BCUT2D eigenvalue weighted by Gasteiger charge is 2.26. The second kappa shape index (κ2) is 6.97. The third-order valence-corrected chi connectivity index (χ3v) is 3.82. The van der Waals surface area contributed by atoms with Crippen molar-refractivity contribution in [1.82, 2.24) is 9.80 Å². The van der Waals surface area contributed by atoms with Gasteiger partial charge in [0.15, 0.2) is 0 Å². The first-order chi connectivity index (χ1) is 8.10. The van der Waals surface area contributed by atoms with Crippen LogP contribution in [0, 0.1) is 0 Å². The molecule has 4 nitrogen and oxygen atoms in total. The lowest BCUT2D eigenvalue weighted by Crippen LogP contribution is -2.48. The zero-order chi connectivity index (χ0) is 12.8. The number of hydrogen-bond donors (Lipinski definition) is 1. The molecular formula is C13H26N2O2. The molecule has 1 fully saturated rings. The number of carbonyl (C=O) groups is 1. The number of piperidine rings is 1. The highest BCUT2D eigenvalue weighted by molar-refractivity contribution is 5.78. The molecule has 0 aromatic heterocycles. The first kappa shape index (κ1) is 14.5. The highest BCUT2D eigenvalue weighted by atomic mass is 16.3. The van der Waals surface area contributed by atoms with Crippen LogP contribution in [0.4, 0.5) is 0 Å². The molecule has 0 saturated carbocycles. The van der Waals surface area contributed by atoms with Gasteiger partial charge in [0.05, 0.1) is 13.2 Å². The van der Waals surface area contributed by atoms with E-state index in [-0.39, 0.29) is 18.6 Å². The Balaban J connectivity index is 2.50. The number of hydrogen-bond acceptors (Lipinski definition) is 3. The van der Waals surface area contributed by atoms with Crippen molar-refractivity contribution in [2.75, 3.05) is 26.7 Å². The number of amides is 1. The number of likely N-dealkylation sites (tertiary alicyclic amines) is 1. The number of rotatable bonds is 5. The van der Waals surface area contributed by atoms with Crippen LogP contribution in [0.5, 0.6) is 0 Å². The van der Waals surface area contributed by atoms with Crippen molar-refractivity contribution >= 4 is 5.91 Å². The lowest BCUT2D eigenvalue weighted by atomic mass is 10.00. The summed E-state index contributed by atoms with van der Waals surface area (Å²) < 4.78 is 0. The van der Waals surface area contributed by atoms with Gasteiger partial charge in [0.2, 0.25) is 5.91 Å². The standard InChI is InChI=1S/C13H26N2O2/c1-4-12-7-5-6-8-15(12)13(17)9-14(3)11(2)10-16/h11-12,16H,4-10H2,1-3H3. The molecule has 4 heteroatoms. The highest BCUT2D eigenvalue weighted by Crippen LogP contribution is 2.19. The minimum atomic E-state index is 0.0452. The van der Waals surface area contributed by atoms with E-state index in [9.17, 15) is 4.79 Å². The van der Waals surface area contributed by atoms with Crippen molar-refractivity contribution < 1.29 is 9.90 Å². The molecule has 1 N–H and O–H groups in total. The average Bonchev–Trinajstić information content (AvgIpc) is 2.37. The van der Waals surface area contributed by atoms with E-state index in [2.05, 4.69) is 6.92 Å². The Kier molecular flexibility index (Phi) is 5.92. The molecule has 0 aromatic carbocycles. The molecule has 0 aliphatic carbocycles. The van der Waals surface area contributed by atoms with E-state index in [0.29, 0.717) is 12.6 Å². The summed E-state index contributed by atoms with van der Waals surface area (Å²) >= 11 is 0. The van der Waals surface area contributed by atoms with Crippen molar-refractivity contribution in [1.29, 1.82) is 0 Å². The fourth-order valence-electron chi connectivity index (χ4n) is 2.35. The molecule has 1 amide bonds. The van der Waals surface area contributed by atoms with Crippen molar-refractivity contribution in [2.45, 2.75) is 51.6 Å². The van der Waals surface area contributed by atoms with Crippen LogP contribution in [0.1, 0.15) is 39.5 Å². The fourth-order valence-corrected chi connectivity index (χ4v) is 2.35. The summed E-state index contributed by atoms with van der Waals surface area (Å²) in [5.41, 5.74) is 0. The Morgan fingerprint density at radius 2 is 2.24 bits per heavy atom. The maximum absolute atomic E-state index is 12.2. The first-order valence-electron chi connectivity index (χ1n) is 6.70. The van der Waals surface area contributed by atoms with Crippen molar-refractivity contribution in [2.24, 2.45) is 0 Å². The number of likely N-dealkylation sites (N-methyl/N-ethyl adjacent to an activating group) is 1. The van der Waals surface area contributed by atoms with Crippen LogP contribution in [0.25, 0.3) is 0 Å². The summed E-state index contributed by atoms with van der Waals surface area (Å²) in [7, 11) is 1.89. The molecular weight excluding hydrogens is 216 g/mol. The predicted octanol–water partition coefficient (Wildman–Crippen LogP) is 1.09. The van der Waals surface area contributed by atoms with E-state index in [1.54, 1.807) is 0 Å². The summed E-state index contributed by atoms with van der Waals surface area (Å²) in [5.74, 6) is 0.208. The molecule has 1 saturated heterocycles. The maximum atomic E-state index is 12.2. The monoisotopic (exact) mass is 242 g/mol. The van der Waals surface area contributed by atoms with Crippen LogP contribution < -0.4 is 0 Å². The van der Waals surface area contributed by atoms with Gasteiger partial charge in [0.25, 0.3) is 0 Å². The van der Waals surface area contributed by atoms with E-state index in [0.717, 1.165) is 25.8 Å².